The van der Waals surface area contributed by atoms with Crippen LogP contribution < -0.4 is 5.32 Å². The number of nitrogens with one attached hydrogen (secondary N) is 1. The number of benzene rings is 1. The molecule has 6 nitrogen and oxygen atoms in total. The maximum Gasteiger partial charge on any atom is 0.308 e. The molecule has 1 fully saturated rings. The molecule has 1 saturated heterocycles. The Labute approximate surface area is 122 Å². The number of nitrogens with zero attached hydrogens (tertiary/aromatic N) is 1. The minimum Gasteiger partial charge on any atom is -0.481 e. The topological polar surface area (TPSA) is 86.7 Å². The van der Waals surface area contributed by atoms with Gasteiger partial charge in [0.05, 0.1) is 5.92 Å². The van der Waals surface area contributed by atoms with E-state index in [0.29, 0.717) is 30.5 Å². The molecule has 1 heterocycles. The minimum absolute atomic E-state index is 0.221. The van der Waals surface area contributed by atoms with E-state index in [-0.39, 0.29) is 18.4 Å². The first kappa shape index (κ1) is 15.0. The highest BCUT2D eigenvalue weighted by molar-refractivity contribution is 5.99. The number of rotatable bonds is 3. The number of hydrogen-bond acceptors (Lipinski definition) is 3. The molecule has 0 saturated carbocycles. The molecule has 2 rings (SSSR count). The Balaban J connectivity index is 2.16. The van der Waals surface area contributed by atoms with Crippen LogP contribution in [0.15, 0.2) is 24.3 Å². The fourth-order valence-corrected chi connectivity index (χ4v) is 2.48. The fourth-order valence-electron chi connectivity index (χ4n) is 2.48. The third-order valence-corrected chi connectivity index (χ3v) is 3.66. The number of carboxylic acid groups (broad SMARTS) is 1. The molecule has 0 spiro atoms. The first-order chi connectivity index (χ1) is 10.0. The number of hydrogen-bond donors (Lipinski definition) is 2. The third-order valence-electron chi connectivity index (χ3n) is 3.66. The Kier molecular flexibility index (Phi) is 4.57. The molecule has 1 aliphatic rings. The zero-order chi connectivity index (χ0) is 15.4. The highest BCUT2D eigenvalue weighted by Crippen LogP contribution is 2.19. The Morgan fingerprint density at radius 3 is 2.67 bits per heavy atom. The summed E-state index contributed by atoms with van der Waals surface area (Å²) >= 11 is 0. The molecule has 1 aromatic rings. The Morgan fingerprint density at radius 2 is 2.00 bits per heavy atom. The lowest BCUT2D eigenvalue weighted by molar-refractivity contribution is -0.143. The second-order valence-electron chi connectivity index (χ2n) is 5.09. The lowest BCUT2D eigenvalue weighted by Crippen LogP contribution is -2.42. The van der Waals surface area contributed by atoms with Crippen molar-refractivity contribution < 1.29 is 19.5 Å². The van der Waals surface area contributed by atoms with Crippen LogP contribution in [0.3, 0.4) is 0 Å². The van der Waals surface area contributed by atoms with Gasteiger partial charge in [0.15, 0.2) is 0 Å². The standard InChI is InChI=1S/C15H18N2O4/c1-16-13(18)10-4-2-5-11(8-10)14(19)17-7-3-6-12(9-17)15(20)21/h2,4-5,8,12H,3,6-7,9H2,1H3,(H,16,18)(H,20,21)/t12-/m0/s1. The summed E-state index contributed by atoms with van der Waals surface area (Å²) in [7, 11) is 1.53. The lowest BCUT2D eigenvalue weighted by atomic mass is 9.97. The van der Waals surface area contributed by atoms with E-state index in [9.17, 15) is 14.4 Å². The molecular weight excluding hydrogens is 272 g/mol. The molecule has 0 aliphatic carbocycles. The maximum absolute atomic E-state index is 12.4. The van der Waals surface area contributed by atoms with Crippen LogP contribution in [0.25, 0.3) is 0 Å². The largest absolute Gasteiger partial charge is 0.481 e. The van der Waals surface area contributed by atoms with Gasteiger partial charge in [-0.15, -0.1) is 0 Å². The van der Waals surface area contributed by atoms with Gasteiger partial charge in [-0.25, -0.2) is 0 Å². The maximum atomic E-state index is 12.4. The van der Waals surface area contributed by atoms with Crippen LogP contribution in [0.4, 0.5) is 0 Å². The van der Waals surface area contributed by atoms with Crippen molar-refractivity contribution >= 4 is 17.8 Å². The van der Waals surface area contributed by atoms with E-state index in [1.54, 1.807) is 23.1 Å². The van der Waals surface area contributed by atoms with Crippen LogP contribution in [0.1, 0.15) is 33.6 Å². The van der Waals surface area contributed by atoms with Crippen LogP contribution in [0.2, 0.25) is 0 Å². The van der Waals surface area contributed by atoms with Crippen molar-refractivity contribution in [2.24, 2.45) is 5.92 Å². The minimum atomic E-state index is -0.869. The van der Waals surface area contributed by atoms with Gasteiger partial charge in [-0.2, -0.15) is 0 Å². The molecule has 6 heteroatoms. The van der Waals surface area contributed by atoms with Crippen LogP contribution >= 0.6 is 0 Å². The molecule has 1 aliphatic heterocycles. The molecule has 21 heavy (non-hydrogen) atoms. The van der Waals surface area contributed by atoms with E-state index in [1.807, 2.05) is 0 Å². The van der Waals surface area contributed by atoms with Crippen molar-refractivity contribution in [3.05, 3.63) is 35.4 Å². The first-order valence-electron chi connectivity index (χ1n) is 6.87. The summed E-state index contributed by atoms with van der Waals surface area (Å²) in [6.07, 6.45) is 1.27. The number of aliphatic carboxylic acids is 1. The zero-order valence-electron chi connectivity index (χ0n) is 11.8. The zero-order valence-corrected chi connectivity index (χ0v) is 11.8. The molecule has 2 N–H and O–H groups in total. The second-order valence-corrected chi connectivity index (χ2v) is 5.09. The first-order valence-corrected chi connectivity index (χ1v) is 6.87. The van der Waals surface area contributed by atoms with Gasteiger partial charge >= 0.3 is 5.97 Å². The van der Waals surface area contributed by atoms with Gasteiger partial charge in [0, 0.05) is 31.3 Å². The van der Waals surface area contributed by atoms with E-state index in [1.165, 1.54) is 13.1 Å². The van der Waals surface area contributed by atoms with Crippen molar-refractivity contribution in [1.29, 1.82) is 0 Å². The quantitative estimate of drug-likeness (QED) is 0.869. The molecule has 0 aromatic heterocycles. The van der Waals surface area contributed by atoms with Crippen molar-refractivity contribution in [2.75, 3.05) is 20.1 Å². The van der Waals surface area contributed by atoms with Crippen LogP contribution in [0, 0.1) is 5.92 Å². The van der Waals surface area contributed by atoms with Gasteiger partial charge in [-0.05, 0) is 31.0 Å². The van der Waals surface area contributed by atoms with Gasteiger partial charge in [0.25, 0.3) is 11.8 Å². The van der Waals surface area contributed by atoms with Crippen molar-refractivity contribution in [3.8, 4) is 0 Å². The average Bonchev–Trinajstić information content (AvgIpc) is 2.53. The number of carbonyl (C=O) groups is 3. The molecular formula is C15H18N2O4. The van der Waals surface area contributed by atoms with Gasteiger partial charge in [-0.1, -0.05) is 6.07 Å². The van der Waals surface area contributed by atoms with Gasteiger partial charge in [0.2, 0.25) is 0 Å². The average molecular weight is 290 g/mol. The SMILES string of the molecule is CNC(=O)c1cccc(C(=O)N2CCC[C@H](C(=O)O)C2)c1. The predicted molar refractivity (Wildman–Crippen MR) is 76.1 cm³/mol. The molecule has 1 aromatic carbocycles. The van der Waals surface area contributed by atoms with Crippen LogP contribution in [-0.4, -0.2) is 47.9 Å². The Morgan fingerprint density at radius 1 is 1.29 bits per heavy atom. The monoisotopic (exact) mass is 290 g/mol. The summed E-state index contributed by atoms with van der Waals surface area (Å²) in [4.78, 5) is 36.6. The van der Waals surface area contributed by atoms with Crippen molar-refractivity contribution in [2.45, 2.75) is 12.8 Å². The number of amides is 2. The second kappa shape index (κ2) is 6.39. The number of carboxylic acids is 1. The summed E-state index contributed by atoms with van der Waals surface area (Å²) in [5, 5.41) is 11.6. The Hall–Kier alpha value is -2.37. The highest BCUT2D eigenvalue weighted by Gasteiger charge is 2.28. The van der Waals surface area contributed by atoms with Gasteiger partial charge in [-0.3, -0.25) is 14.4 Å². The molecule has 0 unspecified atom stereocenters. The number of carbonyl (C=O) groups excluding carboxylic acids is 2. The third kappa shape index (κ3) is 3.39. The summed E-state index contributed by atoms with van der Waals surface area (Å²) in [5.41, 5.74) is 0.817. The summed E-state index contributed by atoms with van der Waals surface area (Å²) in [6, 6.07) is 6.45. The van der Waals surface area contributed by atoms with E-state index in [4.69, 9.17) is 5.11 Å². The number of likely N-dealkylation sites (tertiary alicyclic amines) is 1. The molecule has 0 bridgehead atoms. The molecule has 0 radical (unpaired) electrons. The smallest absolute Gasteiger partial charge is 0.308 e. The van der Waals surface area contributed by atoms with E-state index in [0.717, 1.165) is 0 Å². The Bertz CT molecular complexity index is 571. The highest BCUT2D eigenvalue weighted by atomic mass is 16.4. The van der Waals surface area contributed by atoms with Crippen LogP contribution in [-0.2, 0) is 4.79 Å². The molecule has 2 amide bonds. The summed E-state index contributed by atoms with van der Waals surface area (Å²) < 4.78 is 0. The van der Waals surface area contributed by atoms with E-state index < -0.39 is 11.9 Å². The summed E-state index contributed by atoms with van der Waals surface area (Å²) in [6.45, 7) is 0.769. The van der Waals surface area contributed by atoms with Gasteiger partial charge in [0.1, 0.15) is 0 Å². The number of piperidine rings is 1. The van der Waals surface area contributed by atoms with Crippen LogP contribution in [0.5, 0.6) is 0 Å². The van der Waals surface area contributed by atoms with Crippen molar-refractivity contribution in [1.82, 2.24) is 10.2 Å². The normalized spacial score (nSPS) is 18.1. The molecule has 112 valence electrons. The van der Waals surface area contributed by atoms with Gasteiger partial charge < -0.3 is 15.3 Å². The fraction of sp³-hybridized carbons (Fsp3) is 0.400. The molecule has 1 atom stereocenters. The summed E-state index contributed by atoms with van der Waals surface area (Å²) in [5.74, 6) is -1.87. The lowest BCUT2D eigenvalue weighted by Gasteiger charge is -2.30. The predicted octanol–water partition coefficient (Wildman–Crippen LogP) is 0.983. The van der Waals surface area contributed by atoms with E-state index in [2.05, 4.69) is 5.32 Å². The van der Waals surface area contributed by atoms with E-state index >= 15 is 0 Å². The van der Waals surface area contributed by atoms with Crippen molar-refractivity contribution in [3.63, 3.8) is 0 Å².